The van der Waals surface area contributed by atoms with Crippen molar-refractivity contribution in [1.29, 1.82) is 5.26 Å². The summed E-state index contributed by atoms with van der Waals surface area (Å²) in [7, 11) is 0. The van der Waals surface area contributed by atoms with Gasteiger partial charge in [0.2, 0.25) is 5.89 Å². The fraction of sp³-hybridized carbons (Fsp3) is 0. The van der Waals surface area contributed by atoms with E-state index in [0.29, 0.717) is 11.5 Å². The topological polar surface area (TPSA) is 62.7 Å². The van der Waals surface area contributed by atoms with Crippen LogP contribution in [0, 0.1) is 11.3 Å². The Morgan fingerprint density at radius 2 is 1.74 bits per heavy atom. The van der Waals surface area contributed by atoms with Gasteiger partial charge in [0.05, 0.1) is 22.9 Å². The molecule has 0 bridgehead atoms. The number of benzene rings is 2. The standard InChI is InChI=1S/C19H11N3O/c20-11-13-5-1-2-6-15(13)16-10-9-14(12-21-16)19-22-17-7-3-4-8-18(17)23-19/h1-10,12H. The lowest BCUT2D eigenvalue weighted by molar-refractivity contribution is 0.619. The van der Waals surface area contributed by atoms with Crippen LogP contribution >= 0.6 is 0 Å². The van der Waals surface area contributed by atoms with Gasteiger partial charge in [-0.25, -0.2) is 4.98 Å². The molecule has 4 aromatic rings. The summed E-state index contributed by atoms with van der Waals surface area (Å²) in [4.78, 5) is 8.91. The molecule has 0 spiro atoms. The third kappa shape index (κ3) is 2.34. The van der Waals surface area contributed by atoms with E-state index < -0.39 is 0 Å². The van der Waals surface area contributed by atoms with Gasteiger partial charge in [0, 0.05) is 11.8 Å². The highest BCUT2D eigenvalue weighted by molar-refractivity contribution is 5.76. The van der Waals surface area contributed by atoms with E-state index in [1.165, 1.54) is 0 Å². The van der Waals surface area contributed by atoms with Crippen molar-refractivity contribution in [3.63, 3.8) is 0 Å². The molecule has 4 heteroatoms. The molecule has 2 aromatic carbocycles. The summed E-state index contributed by atoms with van der Waals surface area (Å²) < 4.78 is 5.74. The average molecular weight is 297 g/mol. The fourth-order valence-electron chi connectivity index (χ4n) is 2.48. The molecule has 0 saturated carbocycles. The molecular formula is C19H11N3O. The largest absolute Gasteiger partial charge is 0.436 e. The number of hydrogen-bond donors (Lipinski definition) is 0. The number of hydrogen-bond acceptors (Lipinski definition) is 4. The lowest BCUT2D eigenvalue weighted by Gasteiger charge is -2.03. The first kappa shape index (κ1) is 13.2. The molecular weight excluding hydrogens is 286 g/mol. The first-order chi connectivity index (χ1) is 11.3. The highest BCUT2D eigenvalue weighted by Crippen LogP contribution is 2.26. The van der Waals surface area contributed by atoms with Gasteiger partial charge in [0.25, 0.3) is 0 Å². The highest BCUT2D eigenvalue weighted by atomic mass is 16.3. The molecule has 0 saturated heterocycles. The second-order valence-corrected chi connectivity index (χ2v) is 5.08. The van der Waals surface area contributed by atoms with Gasteiger partial charge in [-0.2, -0.15) is 5.26 Å². The first-order valence-electron chi connectivity index (χ1n) is 7.16. The van der Waals surface area contributed by atoms with E-state index in [4.69, 9.17) is 4.42 Å². The molecule has 108 valence electrons. The van der Waals surface area contributed by atoms with Crippen molar-refractivity contribution in [3.05, 3.63) is 72.4 Å². The van der Waals surface area contributed by atoms with Crippen LogP contribution in [0.25, 0.3) is 33.8 Å². The molecule has 0 unspecified atom stereocenters. The Bertz CT molecular complexity index is 993. The Balaban J connectivity index is 1.75. The molecule has 2 heterocycles. The zero-order valence-corrected chi connectivity index (χ0v) is 12.1. The molecule has 0 fully saturated rings. The molecule has 0 amide bonds. The van der Waals surface area contributed by atoms with Gasteiger partial charge in [0.15, 0.2) is 5.58 Å². The van der Waals surface area contributed by atoms with Gasteiger partial charge < -0.3 is 4.42 Å². The third-order valence-corrected chi connectivity index (χ3v) is 3.63. The van der Waals surface area contributed by atoms with Crippen LogP contribution in [0.2, 0.25) is 0 Å². The van der Waals surface area contributed by atoms with Crippen LogP contribution in [0.4, 0.5) is 0 Å². The van der Waals surface area contributed by atoms with Crippen LogP contribution in [0.1, 0.15) is 5.56 Å². The SMILES string of the molecule is N#Cc1ccccc1-c1ccc(-c2nc3ccccc3o2)cn1. The summed E-state index contributed by atoms with van der Waals surface area (Å²) in [6.45, 7) is 0. The van der Waals surface area contributed by atoms with Crippen molar-refractivity contribution >= 4 is 11.1 Å². The highest BCUT2D eigenvalue weighted by Gasteiger charge is 2.10. The Morgan fingerprint density at radius 3 is 2.52 bits per heavy atom. The van der Waals surface area contributed by atoms with E-state index in [0.717, 1.165) is 27.9 Å². The lowest BCUT2D eigenvalue weighted by Crippen LogP contribution is -1.88. The maximum absolute atomic E-state index is 9.19. The van der Waals surface area contributed by atoms with Crippen LogP contribution < -0.4 is 0 Å². The number of nitrogens with zero attached hydrogens (tertiary/aromatic N) is 3. The fourth-order valence-corrected chi connectivity index (χ4v) is 2.48. The van der Waals surface area contributed by atoms with E-state index in [2.05, 4.69) is 16.0 Å². The van der Waals surface area contributed by atoms with Gasteiger partial charge in [0.1, 0.15) is 5.52 Å². The van der Waals surface area contributed by atoms with Gasteiger partial charge in [-0.15, -0.1) is 0 Å². The zero-order valence-electron chi connectivity index (χ0n) is 12.1. The van der Waals surface area contributed by atoms with Gasteiger partial charge >= 0.3 is 0 Å². The normalized spacial score (nSPS) is 10.6. The van der Waals surface area contributed by atoms with E-state index >= 15 is 0 Å². The van der Waals surface area contributed by atoms with Gasteiger partial charge in [-0.1, -0.05) is 30.3 Å². The van der Waals surface area contributed by atoms with E-state index in [9.17, 15) is 5.26 Å². The summed E-state index contributed by atoms with van der Waals surface area (Å²) in [6.07, 6.45) is 1.72. The second-order valence-electron chi connectivity index (χ2n) is 5.08. The van der Waals surface area contributed by atoms with Crippen LogP contribution in [-0.2, 0) is 0 Å². The predicted octanol–water partition coefficient (Wildman–Crippen LogP) is 4.43. The average Bonchev–Trinajstić information content (AvgIpc) is 3.06. The van der Waals surface area contributed by atoms with E-state index in [1.807, 2.05) is 54.6 Å². The summed E-state index contributed by atoms with van der Waals surface area (Å²) in [5, 5.41) is 9.19. The summed E-state index contributed by atoms with van der Waals surface area (Å²) in [6, 6.07) is 21.0. The Kier molecular flexibility index (Phi) is 3.10. The number of fused-ring (bicyclic) bond motifs is 1. The summed E-state index contributed by atoms with van der Waals surface area (Å²) in [5.41, 5.74) is 4.55. The van der Waals surface area contributed by atoms with Crippen molar-refractivity contribution in [2.45, 2.75) is 0 Å². The Labute approximate surface area is 132 Å². The molecule has 2 aromatic heterocycles. The number of pyridine rings is 1. The van der Waals surface area contributed by atoms with Crippen LogP contribution in [0.5, 0.6) is 0 Å². The lowest BCUT2D eigenvalue weighted by atomic mass is 10.0. The minimum Gasteiger partial charge on any atom is -0.436 e. The minimum absolute atomic E-state index is 0.541. The molecule has 0 atom stereocenters. The maximum atomic E-state index is 9.19. The number of rotatable bonds is 2. The van der Waals surface area contributed by atoms with Crippen molar-refractivity contribution in [2.75, 3.05) is 0 Å². The number of oxazole rings is 1. The molecule has 0 radical (unpaired) electrons. The number of nitriles is 1. The Morgan fingerprint density at radius 1 is 0.913 bits per heavy atom. The first-order valence-corrected chi connectivity index (χ1v) is 7.16. The quantitative estimate of drug-likeness (QED) is 0.549. The smallest absolute Gasteiger partial charge is 0.228 e. The zero-order chi connectivity index (χ0) is 15.6. The van der Waals surface area contributed by atoms with Crippen molar-refractivity contribution in [1.82, 2.24) is 9.97 Å². The molecule has 0 N–H and O–H groups in total. The molecule has 0 aliphatic heterocycles. The second kappa shape index (κ2) is 5.39. The Hall–Kier alpha value is -3.45. The number of aromatic nitrogens is 2. The molecule has 4 nitrogen and oxygen atoms in total. The van der Waals surface area contributed by atoms with Crippen molar-refractivity contribution < 1.29 is 4.42 Å². The van der Waals surface area contributed by atoms with E-state index in [1.54, 1.807) is 12.3 Å². The number of para-hydroxylation sites is 2. The van der Waals surface area contributed by atoms with Crippen LogP contribution in [0.15, 0.2) is 71.3 Å². The van der Waals surface area contributed by atoms with Crippen molar-refractivity contribution in [2.24, 2.45) is 0 Å². The van der Waals surface area contributed by atoms with Crippen LogP contribution in [-0.4, -0.2) is 9.97 Å². The molecule has 23 heavy (non-hydrogen) atoms. The summed E-state index contributed by atoms with van der Waals surface area (Å²) in [5.74, 6) is 0.541. The third-order valence-electron chi connectivity index (χ3n) is 3.63. The van der Waals surface area contributed by atoms with E-state index in [-0.39, 0.29) is 0 Å². The molecule has 0 aliphatic rings. The van der Waals surface area contributed by atoms with Gasteiger partial charge in [-0.05, 0) is 30.3 Å². The molecule has 4 rings (SSSR count). The molecule has 0 aliphatic carbocycles. The summed E-state index contributed by atoms with van der Waals surface area (Å²) >= 11 is 0. The van der Waals surface area contributed by atoms with Crippen LogP contribution in [0.3, 0.4) is 0 Å². The van der Waals surface area contributed by atoms with Gasteiger partial charge in [-0.3, -0.25) is 4.98 Å². The monoisotopic (exact) mass is 297 g/mol. The maximum Gasteiger partial charge on any atom is 0.228 e. The van der Waals surface area contributed by atoms with Crippen molar-refractivity contribution in [3.8, 4) is 28.8 Å². The minimum atomic E-state index is 0.541. The predicted molar refractivity (Wildman–Crippen MR) is 87.4 cm³/mol.